The molecule has 0 aliphatic carbocycles. The molecule has 0 spiro atoms. The van der Waals surface area contributed by atoms with Crippen molar-refractivity contribution in [2.45, 2.75) is 25.9 Å². The molecule has 1 amide bonds. The third-order valence-corrected chi connectivity index (χ3v) is 3.33. The van der Waals surface area contributed by atoms with E-state index in [-0.39, 0.29) is 11.7 Å². The summed E-state index contributed by atoms with van der Waals surface area (Å²) in [7, 11) is 0. The second-order valence-electron chi connectivity index (χ2n) is 4.24. The number of amides is 1. The number of halogens is 1. The van der Waals surface area contributed by atoms with E-state index in [1.54, 1.807) is 18.2 Å². The smallest absolute Gasteiger partial charge is 0.253 e. The van der Waals surface area contributed by atoms with Crippen LogP contribution in [-0.2, 0) is 9.53 Å². The van der Waals surface area contributed by atoms with Crippen LogP contribution in [0.4, 0.5) is 5.69 Å². The molecule has 0 bridgehead atoms. The summed E-state index contributed by atoms with van der Waals surface area (Å²) in [5.41, 5.74) is 1.03. The van der Waals surface area contributed by atoms with Crippen molar-refractivity contribution in [1.82, 2.24) is 0 Å². The van der Waals surface area contributed by atoms with Gasteiger partial charge in [-0.15, -0.1) is 0 Å². The highest BCUT2D eigenvalue weighted by Crippen LogP contribution is 2.23. The van der Waals surface area contributed by atoms with Crippen molar-refractivity contribution in [3.63, 3.8) is 0 Å². The van der Waals surface area contributed by atoms with E-state index in [1.807, 2.05) is 0 Å². The van der Waals surface area contributed by atoms with E-state index in [4.69, 9.17) is 4.74 Å². The third-order valence-electron chi connectivity index (χ3n) is 2.84. The maximum Gasteiger partial charge on any atom is 0.253 e. The number of ketones is 1. The molecule has 1 aliphatic heterocycles. The molecule has 1 atom stereocenters. The second-order valence-corrected chi connectivity index (χ2v) is 5.15. The van der Waals surface area contributed by atoms with Gasteiger partial charge >= 0.3 is 0 Å². The zero-order chi connectivity index (χ0) is 13.1. The Kier molecular flexibility index (Phi) is 4.14. The Hall–Kier alpha value is -1.20. The SMILES string of the molecule is CC(=O)c1cc(Br)ccc1NC(=O)[C@@H]1CCCO1. The van der Waals surface area contributed by atoms with Crippen LogP contribution in [0.15, 0.2) is 22.7 Å². The van der Waals surface area contributed by atoms with Gasteiger partial charge < -0.3 is 10.1 Å². The Balaban J connectivity index is 2.17. The minimum absolute atomic E-state index is 0.0843. The lowest BCUT2D eigenvalue weighted by atomic mass is 10.1. The maximum absolute atomic E-state index is 11.9. The molecular formula is C13H14BrNO3. The molecule has 1 aliphatic rings. The fourth-order valence-electron chi connectivity index (χ4n) is 1.91. The Morgan fingerprint density at radius 1 is 1.44 bits per heavy atom. The van der Waals surface area contributed by atoms with Crippen LogP contribution in [0.2, 0.25) is 0 Å². The molecule has 0 unspecified atom stereocenters. The average molecular weight is 312 g/mol. The first-order chi connectivity index (χ1) is 8.58. The lowest BCUT2D eigenvalue weighted by Crippen LogP contribution is -2.27. The highest BCUT2D eigenvalue weighted by Gasteiger charge is 2.24. The molecule has 0 aromatic heterocycles. The predicted octanol–water partition coefficient (Wildman–Crippen LogP) is 2.77. The molecule has 0 saturated carbocycles. The van der Waals surface area contributed by atoms with E-state index in [2.05, 4.69) is 21.2 Å². The number of anilines is 1. The van der Waals surface area contributed by atoms with Crippen molar-refractivity contribution in [1.29, 1.82) is 0 Å². The third kappa shape index (κ3) is 2.97. The zero-order valence-corrected chi connectivity index (χ0v) is 11.6. The number of benzene rings is 1. The molecule has 2 rings (SSSR count). The molecule has 0 radical (unpaired) electrons. The van der Waals surface area contributed by atoms with Crippen LogP contribution in [-0.4, -0.2) is 24.4 Å². The number of carbonyl (C=O) groups excluding carboxylic acids is 2. The Morgan fingerprint density at radius 2 is 2.22 bits per heavy atom. The van der Waals surface area contributed by atoms with Crippen LogP contribution in [0.1, 0.15) is 30.1 Å². The largest absolute Gasteiger partial charge is 0.368 e. The van der Waals surface area contributed by atoms with Gasteiger partial charge in [0, 0.05) is 16.6 Å². The normalized spacial score (nSPS) is 18.7. The molecule has 5 heteroatoms. The minimum atomic E-state index is -0.395. The van der Waals surface area contributed by atoms with Gasteiger partial charge in [-0.2, -0.15) is 0 Å². The summed E-state index contributed by atoms with van der Waals surface area (Å²) in [4.78, 5) is 23.4. The van der Waals surface area contributed by atoms with E-state index >= 15 is 0 Å². The van der Waals surface area contributed by atoms with Crippen molar-refractivity contribution >= 4 is 33.3 Å². The zero-order valence-electron chi connectivity index (χ0n) is 10.0. The van der Waals surface area contributed by atoms with Gasteiger partial charge in [-0.1, -0.05) is 15.9 Å². The minimum Gasteiger partial charge on any atom is -0.368 e. The van der Waals surface area contributed by atoms with Crippen molar-refractivity contribution in [3.05, 3.63) is 28.2 Å². The molecule has 1 aromatic rings. The quantitative estimate of drug-likeness (QED) is 0.873. The first kappa shape index (κ1) is 13.2. The molecule has 96 valence electrons. The molecule has 1 aromatic carbocycles. The van der Waals surface area contributed by atoms with Crippen LogP contribution in [0.5, 0.6) is 0 Å². The van der Waals surface area contributed by atoms with E-state index < -0.39 is 6.10 Å². The van der Waals surface area contributed by atoms with Crippen LogP contribution >= 0.6 is 15.9 Å². The summed E-state index contributed by atoms with van der Waals surface area (Å²) < 4.78 is 6.11. The number of ether oxygens (including phenoxy) is 1. The molecule has 1 fully saturated rings. The van der Waals surface area contributed by atoms with Gasteiger partial charge in [0.25, 0.3) is 5.91 Å². The highest BCUT2D eigenvalue weighted by molar-refractivity contribution is 9.10. The van der Waals surface area contributed by atoms with Crippen molar-refractivity contribution in [3.8, 4) is 0 Å². The summed E-state index contributed by atoms with van der Waals surface area (Å²) in [6.07, 6.45) is 1.24. The van der Waals surface area contributed by atoms with E-state index in [0.717, 1.165) is 17.3 Å². The molecule has 4 nitrogen and oxygen atoms in total. The lowest BCUT2D eigenvalue weighted by molar-refractivity contribution is -0.124. The molecule has 18 heavy (non-hydrogen) atoms. The van der Waals surface area contributed by atoms with Gasteiger partial charge in [-0.05, 0) is 38.0 Å². The number of hydrogen-bond acceptors (Lipinski definition) is 3. The topological polar surface area (TPSA) is 55.4 Å². The molecule has 1 saturated heterocycles. The lowest BCUT2D eigenvalue weighted by Gasteiger charge is -2.13. The summed E-state index contributed by atoms with van der Waals surface area (Å²) in [6.45, 7) is 2.10. The van der Waals surface area contributed by atoms with Crippen molar-refractivity contribution in [2.24, 2.45) is 0 Å². The van der Waals surface area contributed by atoms with E-state index in [9.17, 15) is 9.59 Å². The maximum atomic E-state index is 11.9. The van der Waals surface area contributed by atoms with Gasteiger partial charge in [0.1, 0.15) is 6.10 Å². The standard InChI is InChI=1S/C13H14BrNO3/c1-8(16)10-7-9(14)4-5-11(10)15-13(17)12-3-2-6-18-12/h4-5,7,12H,2-3,6H2,1H3,(H,15,17)/t12-/m0/s1. The summed E-state index contributed by atoms with van der Waals surface area (Å²) in [5.74, 6) is -0.267. The fourth-order valence-corrected chi connectivity index (χ4v) is 2.28. The van der Waals surface area contributed by atoms with Gasteiger partial charge in [-0.3, -0.25) is 9.59 Å². The first-order valence-electron chi connectivity index (χ1n) is 5.81. The first-order valence-corrected chi connectivity index (χ1v) is 6.60. The van der Waals surface area contributed by atoms with Crippen molar-refractivity contribution < 1.29 is 14.3 Å². The van der Waals surface area contributed by atoms with Crippen LogP contribution in [0.3, 0.4) is 0 Å². The summed E-state index contributed by atoms with van der Waals surface area (Å²) in [6, 6.07) is 5.21. The van der Waals surface area contributed by atoms with Crippen LogP contribution in [0, 0.1) is 0 Å². The Bertz CT molecular complexity index is 481. The Morgan fingerprint density at radius 3 is 2.83 bits per heavy atom. The number of rotatable bonds is 3. The average Bonchev–Trinajstić information content (AvgIpc) is 2.84. The number of Topliss-reactive ketones (excluding diaryl/α,β-unsaturated/α-hetero) is 1. The van der Waals surface area contributed by atoms with Gasteiger partial charge in [-0.25, -0.2) is 0 Å². The van der Waals surface area contributed by atoms with E-state index in [0.29, 0.717) is 17.9 Å². The second kappa shape index (κ2) is 5.63. The molecule has 1 N–H and O–H groups in total. The van der Waals surface area contributed by atoms with Gasteiger partial charge in [0.15, 0.2) is 5.78 Å². The molecule has 1 heterocycles. The van der Waals surface area contributed by atoms with Crippen LogP contribution < -0.4 is 5.32 Å². The number of nitrogens with one attached hydrogen (secondary N) is 1. The highest BCUT2D eigenvalue weighted by atomic mass is 79.9. The van der Waals surface area contributed by atoms with Crippen LogP contribution in [0.25, 0.3) is 0 Å². The predicted molar refractivity (Wildman–Crippen MR) is 71.8 cm³/mol. The van der Waals surface area contributed by atoms with Crippen molar-refractivity contribution in [2.75, 3.05) is 11.9 Å². The number of carbonyl (C=O) groups is 2. The summed E-state index contributed by atoms with van der Waals surface area (Å²) in [5, 5.41) is 2.76. The van der Waals surface area contributed by atoms with Gasteiger partial charge in [0.2, 0.25) is 0 Å². The van der Waals surface area contributed by atoms with Gasteiger partial charge in [0.05, 0.1) is 5.69 Å². The molecular weight excluding hydrogens is 298 g/mol. The Labute approximate surface area is 114 Å². The monoisotopic (exact) mass is 311 g/mol. The number of hydrogen-bond donors (Lipinski definition) is 1. The summed E-state index contributed by atoms with van der Waals surface area (Å²) >= 11 is 3.31. The fraction of sp³-hybridized carbons (Fsp3) is 0.385. The van der Waals surface area contributed by atoms with E-state index in [1.165, 1.54) is 6.92 Å².